The number of oxazole rings is 1. The van der Waals surface area contributed by atoms with Gasteiger partial charge in [-0.1, -0.05) is 0 Å². The third-order valence-electron chi connectivity index (χ3n) is 2.00. The third-order valence-corrected chi connectivity index (χ3v) is 2.00. The highest BCUT2D eigenvalue weighted by Gasteiger charge is 2.19. The number of carbonyl (C=O) groups excluding carboxylic acids is 1. The largest absolute Gasteiger partial charge is 0.461 e. The SMILES string of the molecule is CCOC(=O)c1nc(-c2ccco2)oc1C. The maximum Gasteiger partial charge on any atom is 0.360 e. The van der Waals surface area contributed by atoms with Crippen molar-refractivity contribution in [2.45, 2.75) is 13.8 Å². The van der Waals surface area contributed by atoms with E-state index in [2.05, 4.69) is 4.98 Å². The number of carbonyl (C=O) groups is 1. The molecule has 5 nitrogen and oxygen atoms in total. The van der Waals surface area contributed by atoms with Crippen molar-refractivity contribution in [1.29, 1.82) is 0 Å². The predicted molar refractivity (Wildman–Crippen MR) is 54.9 cm³/mol. The van der Waals surface area contributed by atoms with Crippen molar-refractivity contribution >= 4 is 5.97 Å². The van der Waals surface area contributed by atoms with Gasteiger partial charge in [-0.25, -0.2) is 4.79 Å². The van der Waals surface area contributed by atoms with Crippen LogP contribution >= 0.6 is 0 Å². The molecule has 0 N–H and O–H groups in total. The molecular weight excluding hydrogens is 210 g/mol. The zero-order valence-electron chi connectivity index (χ0n) is 9.02. The molecule has 0 bridgehead atoms. The Kier molecular flexibility index (Phi) is 2.76. The molecule has 2 heterocycles. The number of aromatic nitrogens is 1. The standard InChI is InChI=1S/C11H11NO4/c1-3-14-11(13)9-7(2)16-10(12-9)8-5-4-6-15-8/h4-6H,3H2,1-2H3. The normalized spacial score (nSPS) is 10.4. The van der Waals surface area contributed by atoms with Gasteiger partial charge in [0.05, 0.1) is 12.9 Å². The first-order chi connectivity index (χ1) is 7.72. The molecule has 2 rings (SSSR count). The van der Waals surface area contributed by atoms with E-state index in [0.29, 0.717) is 18.1 Å². The van der Waals surface area contributed by atoms with Crippen LogP contribution in [0.3, 0.4) is 0 Å². The highest BCUT2D eigenvalue weighted by atomic mass is 16.5. The highest BCUT2D eigenvalue weighted by molar-refractivity contribution is 5.88. The van der Waals surface area contributed by atoms with Gasteiger partial charge in [-0.3, -0.25) is 0 Å². The lowest BCUT2D eigenvalue weighted by atomic mass is 10.4. The van der Waals surface area contributed by atoms with Crippen molar-refractivity contribution in [3.63, 3.8) is 0 Å². The van der Waals surface area contributed by atoms with Crippen LogP contribution in [0.4, 0.5) is 0 Å². The molecule has 0 saturated carbocycles. The maximum absolute atomic E-state index is 11.5. The first-order valence-electron chi connectivity index (χ1n) is 4.90. The lowest BCUT2D eigenvalue weighted by Crippen LogP contribution is -2.06. The second kappa shape index (κ2) is 4.22. The van der Waals surface area contributed by atoms with Gasteiger partial charge in [0.1, 0.15) is 5.76 Å². The van der Waals surface area contributed by atoms with Crippen LogP contribution in [0.25, 0.3) is 11.7 Å². The molecule has 16 heavy (non-hydrogen) atoms. The van der Waals surface area contributed by atoms with Crippen molar-refractivity contribution < 1.29 is 18.4 Å². The van der Waals surface area contributed by atoms with Crippen LogP contribution in [-0.2, 0) is 4.74 Å². The fraction of sp³-hybridized carbons (Fsp3) is 0.273. The van der Waals surface area contributed by atoms with Crippen LogP contribution in [0.5, 0.6) is 0 Å². The Morgan fingerprint density at radius 1 is 1.56 bits per heavy atom. The smallest absolute Gasteiger partial charge is 0.360 e. The van der Waals surface area contributed by atoms with Crippen LogP contribution < -0.4 is 0 Å². The van der Waals surface area contributed by atoms with E-state index in [0.717, 1.165) is 0 Å². The summed E-state index contributed by atoms with van der Waals surface area (Å²) in [6, 6.07) is 3.43. The molecule has 0 aliphatic carbocycles. The minimum absolute atomic E-state index is 0.188. The Balaban J connectivity index is 2.32. The molecule has 0 saturated heterocycles. The number of furan rings is 1. The van der Waals surface area contributed by atoms with Gasteiger partial charge in [-0.05, 0) is 26.0 Å². The lowest BCUT2D eigenvalue weighted by molar-refractivity contribution is 0.0518. The van der Waals surface area contributed by atoms with E-state index in [1.165, 1.54) is 6.26 Å². The molecule has 0 spiro atoms. The first kappa shape index (κ1) is 10.5. The molecule has 2 aromatic heterocycles. The van der Waals surface area contributed by atoms with E-state index >= 15 is 0 Å². The third kappa shape index (κ3) is 1.84. The molecule has 0 aliphatic heterocycles. The van der Waals surface area contributed by atoms with Gasteiger partial charge in [-0.15, -0.1) is 0 Å². The Morgan fingerprint density at radius 2 is 2.38 bits per heavy atom. The zero-order chi connectivity index (χ0) is 11.5. The number of rotatable bonds is 3. The first-order valence-corrected chi connectivity index (χ1v) is 4.90. The average Bonchev–Trinajstić information content (AvgIpc) is 2.86. The van der Waals surface area contributed by atoms with Crippen molar-refractivity contribution in [3.8, 4) is 11.7 Å². The summed E-state index contributed by atoms with van der Waals surface area (Å²) >= 11 is 0. The minimum atomic E-state index is -0.485. The van der Waals surface area contributed by atoms with Crippen LogP contribution in [0, 0.1) is 6.92 Å². The van der Waals surface area contributed by atoms with Gasteiger partial charge in [-0.2, -0.15) is 4.98 Å². The number of hydrogen-bond acceptors (Lipinski definition) is 5. The van der Waals surface area contributed by atoms with E-state index in [1.807, 2.05) is 0 Å². The molecule has 0 unspecified atom stereocenters. The van der Waals surface area contributed by atoms with Crippen molar-refractivity contribution in [1.82, 2.24) is 4.98 Å². The van der Waals surface area contributed by atoms with Crippen molar-refractivity contribution in [2.75, 3.05) is 6.61 Å². The van der Waals surface area contributed by atoms with Gasteiger partial charge < -0.3 is 13.6 Å². The summed E-state index contributed by atoms with van der Waals surface area (Å²) in [6.07, 6.45) is 1.51. The van der Waals surface area contributed by atoms with Gasteiger partial charge in [0.25, 0.3) is 5.89 Å². The molecule has 0 radical (unpaired) electrons. The maximum atomic E-state index is 11.5. The molecule has 2 aromatic rings. The zero-order valence-corrected chi connectivity index (χ0v) is 9.02. The Labute approximate surface area is 92.0 Å². The van der Waals surface area contributed by atoms with Crippen LogP contribution in [0.2, 0.25) is 0 Å². The molecule has 5 heteroatoms. The summed E-state index contributed by atoms with van der Waals surface area (Å²) in [4.78, 5) is 15.5. The molecule has 84 valence electrons. The Bertz CT molecular complexity index is 484. The number of aryl methyl sites for hydroxylation is 1. The van der Waals surface area contributed by atoms with Crippen LogP contribution in [0.1, 0.15) is 23.2 Å². The summed E-state index contributed by atoms with van der Waals surface area (Å²) in [5, 5.41) is 0. The molecule has 0 fully saturated rings. The molecule has 0 atom stereocenters. The van der Waals surface area contributed by atoms with Crippen molar-refractivity contribution in [3.05, 3.63) is 29.9 Å². The fourth-order valence-electron chi connectivity index (χ4n) is 1.29. The van der Waals surface area contributed by atoms with E-state index in [-0.39, 0.29) is 11.6 Å². The predicted octanol–water partition coefficient (Wildman–Crippen LogP) is 2.42. The summed E-state index contributed by atoms with van der Waals surface area (Å²) in [6.45, 7) is 3.70. The number of nitrogens with zero attached hydrogens (tertiary/aromatic N) is 1. The summed E-state index contributed by atoms with van der Waals surface area (Å²) in [5.41, 5.74) is 0.188. The number of hydrogen-bond donors (Lipinski definition) is 0. The van der Waals surface area contributed by atoms with E-state index in [9.17, 15) is 4.79 Å². The van der Waals surface area contributed by atoms with E-state index in [1.54, 1.807) is 26.0 Å². The van der Waals surface area contributed by atoms with Crippen LogP contribution in [0.15, 0.2) is 27.2 Å². The quantitative estimate of drug-likeness (QED) is 0.744. The molecule has 0 aromatic carbocycles. The van der Waals surface area contributed by atoms with Gasteiger partial charge >= 0.3 is 5.97 Å². The molecular formula is C11H11NO4. The fourth-order valence-corrected chi connectivity index (χ4v) is 1.29. The minimum Gasteiger partial charge on any atom is -0.461 e. The second-order valence-corrected chi connectivity index (χ2v) is 3.12. The van der Waals surface area contributed by atoms with Gasteiger partial charge in [0.2, 0.25) is 0 Å². The Hall–Kier alpha value is -2.04. The molecule has 0 amide bonds. The highest BCUT2D eigenvalue weighted by Crippen LogP contribution is 2.22. The number of esters is 1. The summed E-state index contributed by atoms with van der Waals surface area (Å²) in [5.74, 6) is 0.704. The molecule has 0 aliphatic rings. The number of ether oxygens (including phenoxy) is 1. The lowest BCUT2D eigenvalue weighted by Gasteiger charge is -1.96. The van der Waals surface area contributed by atoms with Gasteiger partial charge in [0.15, 0.2) is 11.5 Å². The van der Waals surface area contributed by atoms with Gasteiger partial charge in [0, 0.05) is 0 Å². The van der Waals surface area contributed by atoms with E-state index < -0.39 is 5.97 Å². The summed E-state index contributed by atoms with van der Waals surface area (Å²) in [7, 11) is 0. The Morgan fingerprint density at radius 3 is 3.00 bits per heavy atom. The monoisotopic (exact) mass is 221 g/mol. The summed E-state index contributed by atoms with van der Waals surface area (Å²) < 4.78 is 15.3. The van der Waals surface area contributed by atoms with Crippen LogP contribution in [-0.4, -0.2) is 17.6 Å². The average molecular weight is 221 g/mol. The van der Waals surface area contributed by atoms with E-state index in [4.69, 9.17) is 13.6 Å². The second-order valence-electron chi connectivity index (χ2n) is 3.12. The topological polar surface area (TPSA) is 65.5 Å². The van der Waals surface area contributed by atoms with Crippen molar-refractivity contribution in [2.24, 2.45) is 0 Å².